The van der Waals surface area contributed by atoms with Crippen molar-refractivity contribution in [1.29, 1.82) is 0 Å². The molecule has 6 heteroatoms. The second-order valence-electron chi connectivity index (χ2n) is 4.93. The van der Waals surface area contributed by atoms with E-state index in [1.54, 1.807) is 6.92 Å². The topological polar surface area (TPSA) is 98.0 Å². The maximum atomic E-state index is 11.6. The smallest absolute Gasteiger partial charge is 0.323 e. The van der Waals surface area contributed by atoms with Gasteiger partial charge in [0, 0.05) is 12.7 Å². The van der Waals surface area contributed by atoms with Crippen LogP contribution in [0.3, 0.4) is 0 Å². The number of imidazole rings is 1. The number of H-pyrrole nitrogens is 2. The first kappa shape index (κ1) is 13.5. The van der Waals surface area contributed by atoms with E-state index in [-0.39, 0.29) is 12.2 Å². The summed E-state index contributed by atoms with van der Waals surface area (Å²) < 4.78 is 0. The first-order valence-corrected chi connectivity index (χ1v) is 5.58. The first-order chi connectivity index (χ1) is 7.80. The predicted octanol–water partition coefficient (Wildman–Crippen LogP) is 0.230. The molecule has 0 fully saturated rings. The summed E-state index contributed by atoms with van der Waals surface area (Å²) in [4.78, 5) is 27.1. The molecular formula is C11H19N3O3. The van der Waals surface area contributed by atoms with Crippen LogP contribution in [-0.4, -0.2) is 33.1 Å². The average molecular weight is 241 g/mol. The molecule has 0 saturated heterocycles. The molecule has 0 bridgehead atoms. The zero-order valence-corrected chi connectivity index (χ0v) is 10.3. The van der Waals surface area contributed by atoms with Gasteiger partial charge in [0.2, 0.25) is 0 Å². The average Bonchev–Trinajstić information content (AvgIpc) is 2.59. The second kappa shape index (κ2) is 5.18. The third-order valence-corrected chi connectivity index (χ3v) is 2.32. The van der Waals surface area contributed by atoms with Crippen LogP contribution in [0.1, 0.15) is 37.7 Å². The lowest BCUT2D eigenvalue weighted by atomic mass is 9.94. The van der Waals surface area contributed by atoms with E-state index < -0.39 is 17.2 Å². The van der Waals surface area contributed by atoms with Crippen LogP contribution in [0.15, 0.2) is 11.0 Å². The van der Waals surface area contributed by atoms with Crippen LogP contribution in [-0.2, 0) is 0 Å². The van der Waals surface area contributed by atoms with Crippen molar-refractivity contribution in [1.82, 2.24) is 15.3 Å². The highest BCUT2D eigenvalue weighted by Gasteiger charge is 2.23. The highest BCUT2D eigenvalue weighted by molar-refractivity contribution is 5.91. The van der Waals surface area contributed by atoms with Crippen molar-refractivity contribution in [3.8, 4) is 0 Å². The molecule has 1 unspecified atom stereocenters. The highest BCUT2D eigenvalue weighted by atomic mass is 16.3. The van der Waals surface area contributed by atoms with Crippen molar-refractivity contribution < 1.29 is 9.90 Å². The van der Waals surface area contributed by atoms with Gasteiger partial charge in [-0.2, -0.15) is 0 Å². The largest absolute Gasteiger partial charge is 0.388 e. The van der Waals surface area contributed by atoms with E-state index in [4.69, 9.17) is 0 Å². The number of amides is 1. The van der Waals surface area contributed by atoms with E-state index in [0.717, 1.165) is 0 Å². The van der Waals surface area contributed by atoms with E-state index in [2.05, 4.69) is 15.3 Å². The standard InChI is InChI=1S/C11H19N3O3/c1-7(2)4-11(3,17)6-13-9(15)8-5-12-10(16)14-8/h5,7,17H,4,6H2,1-3H3,(H,13,15)(H2,12,14,16). The summed E-state index contributed by atoms with van der Waals surface area (Å²) in [6.07, 6.45) is 1.89. The maximum Gasteiger partial charge on any atom is 0.323 e. The lowest BCUT2D eigenvalue weighted by Gasteiger charge is -2.25. The SMILES string of the molecule is CC(C)CC(C)(O)CNC(=O)c1c[nH]c(=O)[nH]1. The second-order valence-corrected chi connectivity index (χ2v) is 4.93. The molecule has 0 aliphatic rings. The Morgan fingerprint density at radius 2 is 2.24 bits per heavy atom. The molecule has 0 aromatic carbocycles. The van der Waals surface area contributed by atoms with Gasteiger partial charge in [-0.3, -0.25) is 4.79 Å². The molecule has 4 N–H and O–H groups in total. The molecular weight excluding hydrogens is 222 g/mol. The number of aliphatic hydroxyl groups is 1. The van der Waals surface area contributed by atoms with Gasteiger partial charge in [-0.05, 0) is 19.3 Å². The van der Waals surface area contributed by atoms with Gasteiger partial charge in [-0.25, -0.2) is 4.79 Å². The summed E-state index contributed by atoms with van der Waals surface area (Å²) in [6.45, 7) is 5.82. The summed E-state index contributed by atoms with van der Waals surface area (Å²) in [5, 5.41) is 12.6. The van der Waals surface area contributed by atoms with Gasteiger partial charge >= 0.3 is 5.69 Å². The fraction of sp³-hybridized carbons (Fsp3) is 0.636. The molecule has 1 aromatic rings. The molecule has 1 atom stereocenters. The molecule has 0 aliphatic heterocycles. The zero-order chi connectivity index (χ0) is 13.1. The van der Waals surface area contributed by atoms with Gasteiger partial charge in [-0.15, -0.1) is 0 Å². The van der Waals surface area contributed by atoms with Gasteiger partial charge < -0.3 is 20.4 Å². The lowest BCUT2D eigenvalue weighted by Crippen LogP contribution is -2.41. The monoisotopic (exact) mass is 241 g/mol. The summed E-state index contributed by atoms with van der Waals surface area (Å²) in [6, 6.07) is 0. The van der Waals surface area contributed by atoms with E-state index in [9.17, 15) is 14.7 Å². The van der Waals surface area contributed by atoms with Crippen LogP contribution in [0.5, 0.6) is 0 Å². The van der Waals surface area contributed by atoms with Crippen LogP contribution >= 0.6 is 0 Å². The maximum absolute atomic E-state index is 11.6. The van der Waals surface area contributed by atoms with Crippen LogP contribution in [0.25, 0.3) is 0 Å². The van der Waals surface area contributed by atoms with Crippen molar-refractivity contribution >= 4 is 5.91 Å². The van der Waals surface area contributed by atoms with Gasteiger partial charge in [0.15, 0.2) is 0 Å². The predicted molar refractivity (Wildman–Crippen MR) is 63.8 cm³/mol. The Labute approximate surface area is 99.4 Å². The van der Waals surface area contributed by atoms with Gasteiger partial charge in [0.05, 0.1) is 5.60 Å². The Kier molecular flexibility index (Phi) is 4.11. The number of carbonyl (C=O) groups excluding carboxylic acids is 1. The molecule has 6 nitrogen and oxygen atoms in total. The molecule has 0 saturated carbocycles. The third-order valence-electron chi connectivity index (χ3n) is 2.32. The van der Waals surface area contributed by atoms with Crippen molar-refractivity contribution in [3.63, 3.8) is 0 Å². The third kappa shape index (κ3) is 4.44. The van der Waals surface area contributed by atoms with Gasteiger partial charge in [0.1, 0.15) is 5.69 Å². The minimum Gasteiger partial charge on any atom is -0.388 e. The minimum atomic E-state index is -0.944. The van der Waals surface area contributed by atoms with Crippen molar-refractivity contribution in [2.75, 3.05) is 6.54 Å². The molecule has 96 valence electrons. The summed E-state index contributed by atoms with van der Waals surface area (Å²) in [7, 11) is 0. The number of hydrogen-bond acceptors (Lipinski definition) is 3. The number of aromatic nitrogens is 2. The van der Waals surface area contributed by atoms with E-state index in [0.29, 0.717) is 12.3 Å². The number of aromatic amines is 2. The Morgan fingerprint density at radius 3 is 2.71 bits per heavy atom. The molecule has 0 radical (unpaired) electrons. The summed E-state index contributed by atoms with van der Waals surface area (Å²) in [5.41, 5.74) is -1.21. The molecule has 1 amide bonds. The van der Waals surface area contributed by atoms with Crippen LogP contribution < -0.4 is 11.0 Å². The van der Waals surface area contributed by atoms with Crippen LogP contribution in [0.4, 0.5) is 0 Å². The Bertz CT molecular complexity index is 431. The summed E-state index contributed by atoms with van der Waals surface area (Å²) >= 11 is 0. The van der Waals surface area contributed by atoms with Crippen LogP contribution in [0, 0.1) is 5.92 Å². The Balaban J connectivity index is 2.51. The molecule has 0 spiro atoms. The molecule has 0 aliphatic carbocycles. The normalized spacial score (nSPS) is 14.6. The number of nitrogens with one attached hydrogen (secondary N) is 3. The van der Waals surface area contributed by atoms with Crippen LogP contribution in [0.2, 0.25) is 0 Å². The summed E-state index contributed by atoms with van der Waals surface area (Å²) in [5.74, 6) is -0.0682. The molecule has 17 heavy (non-hydrogen) atoms. The van der Waals surface area contributed by atoms with E-state index in [1.807, 2.05) is 13.8 Å². The highest BCUT2D eigenvalue weighted by Crippen LogP contribution is 2.15. The Morgan fingerprint density at radius 1 is 1.59 bits per heavy atom. The van der Waals surface area contributed by atoms with E-state index >= 15 is 0 Å². The van der Waals surface area contributed by atoms with E-state index in [1.165, 1.54) is 6.20 Å². The number of hydrogen-bond donors (Lipinski definition) is 4. The Hall–Kier alpha value is -1.56. The van der Waals surface area contributed by atoms with Crippen molar-refractivity contribution in [2.24, 2.45) is 5.92 Å². The fourth-order valence-electron chi connectivity index (χ4n) is 1.77. The van der Waals surface area contributed by atoms with Crippen molar-refractivity contribution in [3.05, 3.63) is 22.4 Å². The first-order valence-electron chi connectivity index (χ1n) is 5.58. The fourth-order valence-corrected chi connectivity index (χ4v) is 1.77. The molecule has 1 aromatic heterocycles. The number of carbonyl (C=O) groups is 1. The van der Waals surface area contributed by atoms with Gasteiger partial charge in [0.25, 0.3) is 5.91 Å². The number of rotatable bonds is 5. The van der Waals surface area contributed by atoms with Gasteiger partial charge in [-0.1, -0.05) is 13.8 Å². The minimum absolute atomic E-state index is 0.150. The quantitative estimate of drug-likeness (QED) is 0.594. The lowest BCUT2D eigenvalue weighted by molar-refractivity contribution is 0.0367. The molecule has 1 heterocycles. The zero-order valence-electron chi connectivity index (χ0n) is 10.3. The van der Waals surface area contributed by atoms with Crippen molar-refractivity contribution in [2.45, 2.75) is 32.8 Å². The molecule has 1 rings (SSSR count).